The lowest BCUT2D eigenvalue weighted by Crippen LogP contribution is -2.70. The van der Waals surface area contributed by atoms with E-state index in [0.29, 0.717) is 0 Å². The molecule has 0 aliphatic rings. The SMILES string of the molecule is CN(CCC[N+](C)(C)CC(=O)O)S(=O)(=O)CCC(F)(F)C(F)(F)C(F)(F)C(F)(F)C(F)(F)C(F)(F)F.[OH-]. The normalized spacial score (nSPS) is 15.1. The van der Waals surface area contributed by atoms with Gasteiger partial charge in [-0.25, -0.2) is 17.5 Å². The molecule has 2 N–H and O–H groups in total. The van der Waals surface area contributed by atoms with Gasteiger partial charge in [0.1, 0.15) is 0 Å². The summed E-state index contributed by atoms with van der Waals surface area (Å²) in [5.41, 5.74) is 0. The van der Waals surface area contributed by atoms with Crippen molar-refractivity contribution < 1.29 is 85.4 Å². The van der Waals surface area contributed by atoms with Gasteiger partial charge >= 0.3 is 41.8 Å². The van der Waals surface area contributed by atoms with Crippen LogP contribution in [0.2, 0.25) is 0 Å². The quantitative estimate of drug-likeness (QED) is 0.241. The highest BCUT2D eigenvalue weighted by Gasteiger charge is 2.90. The molecule has 37 heavy (non-hydrogen) atoms. The van der Waals surface area contributed by atoms with Crippen LogP contribution in [0.1, 0.15) is 12.8 Å². The van der Waals surface area contributed by atoms with Gasteiger partial charge in [-0.2, -0.15) is 57.1 Å². The molecule has 0 aliphatic heterocycles. The van der Waals surface area contributed by atoms with Gasteiger partial charge in [-0.3, -0.25) is 0 Å². The fourth-order valence-electron chi connectivity index (χ4n) is 2.68. The lowest BCUT2D eigenvalue weighted by Gasteiger charge is -2.39. The lowest BCUT2D eigenvalue weighted by atomic mass is 9.93. The minimum atomic E-state index is -8.05. The van der Waals surface area contributed by atoms with E-state index in [-0.39, 0.29) is 27.2 Å². The molecule has 0 atom stereocenters. The molecule has 224 valence electrons. The molecule has 0 saturated heterocycles. The second kappa shape index (κ2) is 11.2. The molecule has 21 heteroatoms. The van der Waals surface area contributed by atoms with Gasteiger partial charge in [0.15, 0.2) is 6.54 Å². The van der Waals surface area contributed by atoms with Crippen LogP contribution < -0.4 is 0 Å². The van der Waals surface area contributed by atoms with Crippen LogP contribution in [-0.4, -0.2) is 116 Å². The van der Waals surface area contributed by atoms with Crippen LogP contribution in [0.4, 0.5) is 57.1 Å². The molecular formula is C16H23F13N2O5S. The first-order valence-corrected chi connectivity index (χ1v) is 11.0. The van der Waals surface area contributed by atoms with Crippen LogP contribution >= 0.6 is 0 Å². The Hall–Kier alpha value is -1.61. The summed E-state index contributed by atoms with van der Waals surface area (Å²) in [6, 6.07) is 0. The number of hydrogen-bond acceptors (Lipinski definition) is 4. The maximum atomic E-state index is 13.8. The molecule has 0 aromatic heterocycles. The van der Waals surface area contributed by atoms with Gasteiger partial charge in [0, 0.05) is 26.4 Å². The third-order valence-corrected chi connectivity index (χ3v) is 6.80. The predicted molar refractivity (Wildman–Crippen MR) is 97.9 cm³/mol. The van der Waals surface area contributed by atoms with Crippen molar-refractivity contribution >= 4 is 16.0 Å². The van der Waals surface area contributed by atoms with E-state index in [4.69, 9.17) is 5.11 Å². The van der Waals surface area contributed by atoms with Crippen molar-refractivity contribution in [3.63, 3.8) is 0 Å². The monoisotopic (exact) mass is 602 g/mol. The number of quaternary nitrogens is 1. The van der Waals surface area contributed by atoms with E-state index in [9.17, 15) is 70.3 Å². The van der Waals surface area contributed by atoms with E-state index in [1.807, 2.05) is 0 Å². The van der Waals surface area contributed by atoms with E-state index in [2.05, 4.69) is 0 Å². The average Bonchev–Trinajstić information content (AvgIpc) is 2.63. The van der Waals surface area contributed by atoms with Gasteiger partial charge in [-0.05, 0) is 0 Å². The summed E-state index contributed by atoms with van der Waals surface area (Å²) in [7, 11) is -1.43. The molecular weight excluding hydrogens is 579 g/mol. The van der Waals surface area contributed by atoms with Gasteiger partial charge in [-0.1, -0.05) is 0 Å². The molecule has 0 unspecified atom stereocenters. The summed E-state index contributed by atoms with van der Waals surface area (Å²) >= 11 is 0. The molecule has 7 nitrogen and oxygen atoms in total. The molecule has 0 aliphatic carbocycles. The van der Waals surface area contributed by atoms with Crippen molar-refractivity contribution in [2.75, 3.05) is 46.5 Å². The lowest BCUT2D eigenvalue weighted by molar-refractivity contribution is -0.883. The standard InChI is InChI=1S/C16H21F13N2O4S.H2O/c1-30(6-4-7-31(2,3)9-10(32)33)36(34,35)8-5-11(17,18)12(19,20)13(21,22)14(23,24)15(25,26)16(27,28)29;/h4-9H2,1-3H3;1H2. The Bertz CT molecular complexity index is 892. The van der Waals surface area contributed by atoms with Crippen molar-refractivity contribution in [3.8, 4) is 0 Å². The molecule has 0 aromatic rings. The minimum absolute atomic E-state index is 0. The second-order valence-electron chi connectivity index (χ2n) is 8.45. The first-order chi connectivity index (χ1) is 15.5. The topological polar surface area (TPSA) is 105 Å². The highest BCUT2D eigenvalue weighted by atomic mass is 32.2. The largest absolute Gasteiger partial charge is 0.870 e. The highest BCUT2D eigenvalue weighted by molar-refractivity contribution is 7.89. The van der Waals surface area contributed by atoms with E-state index in [0.717, 1.165) is 7.05 Å². The van der Waals surface area contributed by atoms with Crippen LogP contribution in [0.15, 0.2) is 0 Å². The van der Waals surface area contributed by atoms with Gasteiger partial charge in [-0.15, -0.1) is 0 Å². The van der Waals surface area contributed by atoms with Crippen LogP contribution in [-0.2, 0) is 14.8 Å². The van der Waals surface area contributed by atoms with E-state index in [1.54, 1.807) is 0 Å². The number of carbonyl (C=O) groups is 1. The molecule has 0 rings (SSSR count). The molecule has 0 heterocycles. The number of alkyl halides is 13. The number of hydrogen-bond donors (Lipinski definition) is 1. The van der Waals surface area contributed by atoms with E-state index in [1.165, 1.54) is 14.1 Å². The van der Waals surface area contributed by atoms with Crippen LogP contribution in [0, 0.1) is 0 Å². The summed E-state index contributed by atoms with van der Waals surface area (Å²) in [4.78, 5) is 10.7. The number of nitrogens with zero attached hydrogens (tertiary/aromatic N) is 2. The molecule has 0 aromatic carbocycles. The smallest absolute Gasteiger partial charge is 0.460 e. The molecule has 0 saturated carbocycles. The van der Waals surface area contributed by atoms with Crippen molar-refractivity contribution in [2.45, 2.75) is 48.6 Å². The number of sulfonamides is 1. The second-order valence-corrected chi connectivity index (χ2v) is 10.6. The van der Waals surface area contributed by atoms with E-state index >= 15 is 0 Å². The van der Waals surface area contributed by atoms with Crippen molar-refractivity contribution in [3.05, 3.63) is 0 Å². The van der Waals surface area contributed by atoms with Gasteiger partial charge in [0.2, 0.25) is 10.0 Å². The Labute approximate surface area is 201 Å². The minimum Gasteiger partial charge on any atom is -0.870 e. The van der Waals surface area contributed by atoms with Crippen LogP contribution in [0.3, 0.4) is 0 Å². The van der Waals surface area contributed by atoms with E-state index < -0.39 is 77.0 Å². The number of carboxylic acid groups (broad SMARTS) is 1. The summed E-state index contributed by atoms with van der Waals surface area (Å²) < 4.78 is 194. The fourth-order valence-corrected chi connectivity index (χ4v) is 3.91. The number of aliphatic carboxylic acids is 1. The Morgan fingerprint density at radius 2 is 1.22 bits per heavy atom. The maximum absolute atomic E-state index is 13.8. The summed E-state index contributed by atoms with van der Waals surface area (Å²) in [6.07, 6.45) is -10.5. The number of rotatable bonds is 14. The average molecular weight is 602 g/mol. The van der Waals surface area contributed by atoms with Gasteiger partial charge in [0.05, 0.1) is 26.4 Å². The Balaban J connectivity index is 0. The van der Waals surface area contributed by atoms with Crippen molar-refractivity contribution in [1.82, 2.24) is 4.31 Å². The molecule has 0 bridgehead atoms. The molecule has 0 spiro atoms. The molecule has 0 fully saturated rings. The first-order valence-electron chi connectivity index (χ1n) is 9.44. The summed E-state index contributed by atoms with van der Waals surface area (Å²) in [6.45, 7) is -0.948. The number of likely N-dealkylation sites (N-methyl/N-ethyl adjacent to an activating group) is 1. The molecule has 0 amide bonds. The number of carboxylic acids is 1. The zero-order chi connectivity index (χ0) is 29.4. The summed E-state index contributed by atoms with van der Waals surface area (Å²) in [5, 5.41) is 8.74. The van der Waals surface area contributed by atoms with Crippen LogP contribution in [0.25, 0.3) is 0 Å². The zero-order valence-electron chi connectivity index (χ0n) is 19.1. The van der Waals surface area contributed by atoms with Crippen molar-refractivity contribution in [1.29, 1.82) is 0 Å². The Morgan fingerprint density at radius 3 is 1.59 bits per heavy atom. The first kappa shape index (κ1) is 37.5. The number of halogens is 13. The highest BCUT2D eigenvalue weighted by Crippen LogP contribution is 2.60. The maximum Gasteiger partial charge on any atom is 0.460 e. The van der Waals surface area contributed by atoms with Crippen molar-refractivity contribution in [2.24, 2.45) is 0 Å². The predicted octanol–water partition coefficient (Wildman–Crippen LogP) is 3.75. The third kappa shape index (κ3) is 7.71. The zero-order valence-corrected chi connectivity index (χ0v) is 19.9. The Kier molecular flexibility index (Phi) is 11.4. The third-order valence-electron chi connectivity index (χ3n) is 4.95. The van der Waals surface area contributed by atoms with Gasteiger partial charge in [0.25, 0.3) is 0 Å². The van der Waals surface area contributed by atoms with Gasteiger partial charge < -0.3 is 15.1 Å². The Morgan fingerprint density at radius 1 is 0.811 bits per heavy atom. The summed E-state index contributed by atoms with van der Waals surface area (Å²) in [5.74, 6) is -41.3. The van der Waals surface area contributed by atoms with Crippen LogP contribution in [0.5, 0.6) is 0 Å². The fraction of sp³-hybridized carbons (Fsp3) is 0.938. The molecule has 0 radical (unpaired) electrons.